The molecule has 32 heavy (non-hydrogen) atoms. The number of aryl methyl sites for hydroxylation is 2. The zero-order valence-electron chi connectivity index (χ0n) is 18.6. The first-order valence-corrected chi connectivity index (χ1v) is 11.3. The number of hydrogen-bond donors (Lipinski definition) is 3. The van der Waals surface area contributed by atoms with Crippen LogP contribution in [0.15, 0.2) is 33.9 Å². The van der Waals surface area contributed by atoms with Crippen LogP contribution in [0.5, 0.6) is 5.75 Å². The van der Waals surface area contributed by atoms with Gasteiger partial charge in [0.2, 0.25) is 5.95 Å². The standard InChI is InChI=1S/C23H31N5O4/c1-3-15-9-11-18(12-10-15)32-14-17(29)13-28-19-20(27(2)23(31)26-21(19)30)25-22(28)24-16-7-5-4-6-8-16/h9-12,16-17,29H,3-8,13-14H2,1-2H3,(H,24,25)(H,26,30,31)/t17-/m0/s1. The SMILES string of the molecule is CCc1ccc(OC[C@@H](O)Cn2c(NC3CCCCC3)nc3c2c(=O)[nH]c(=O)n3C)cc1. The highest BCUT2D eigenvalue weighted by Crippen LogP contribution is 2.23. The maximum Gasteiger partial charge on any atom is 0.329 e. The normalized spacial score (nSPS) is 15.7. The van der Waals surface area contributed by atoms with E-state index in [-0.39, 0.29) is 24.7 Å². The van der Waals surface area contributed by atoms with Crippen molar-refractivity contribution in [2.75, 3.05) is 11.9 Å². The number of rotatable bonds is 8. The van der Waals surface area contributed by atoms with Crippen molar-refractivity contribution in [1.82, 2.24) is 19.1 Å². The van der Waals surface area contributed by atoms with Gasteiger partial charge >= 0.3 is 5.69 Å². The summed E-state index contributed by atoms with van der Waals surface area (Å²) in [5.41, 5.74) is 0.731. The number of nitrogens with zero attached hydrogens (tertiary/aromatic N) is 3. The molecule has 172 valence electrons. The van der Waals surface area contributed by atoms with Gasteiger partial charge in [-0.05, 0) is 37.0 Å². The van der Waals surface area contributed by atoms with Crippen molar-refractivity contribution in [2.24, 2.45) is 7.05 Å². The molecule has 1 fully saturated rings. The first kappa shape index (κ1) is 22.1. The Morgan fingerprint density at radius 1 is 1.22 bits per heavy atom. The summed E-state index contributed by atoms with van der Waals surface area (Å²) in [5.74, 6) is 1.17. The summed E-state index contributed by atoms with van der Waals surface area (Å²) >= 11 is 0. The fourth-order valence-electron chi connectivity index (χ4n) is 4.23. The highest BCUT2D eigenvalue weighted by molar-refractivity contribution is 5.74. The van der Waals surface area contributed by atoms with E-state index in [2.05, 4.69) is 22.2 Å². The van der Waals surface area contributed by atoms with Crippen molar-refractivity contribution >= 4 is 17.1 Å². The van der Waals surface area contributed by atoms with E-state index in [4.69, 9.17) is 4.74 Å². The largest absolute Gasteiger partial charge is 0.491 e. The molecule has 0 bridgehead atoms. The van der Waals surface area contributed by atoms with Crippen LogP contribution in [0.4, 0.5) is 5.95 Å². The minimum atomic E-state index is -0.873. The molecule has 1 aromatic carbocycles. The quantitative estimate of drug-likeness (QED) is 0.494. The number of aromatic nitrogens is 4. The number of benzene rings is 1. The predicted octanol–water partition coefficient (Wildman–Crippen LogP) is 2.17. The average molecular weight is 442 g/mol. The lowest BCUT2D eigenvalue weighted by Gasteiger charge is -2.24. The molecule has 0 unspecified atom stereocenters. The molecule has 4 rings (SSSR count). The maximum absolute atomic E-state index is 12.6. The van der Waals surface area contributed by atoms with Crippen molar-refractivity contribution < 1.29 is 9.84 Å². The minimum absolute atomic E-state index is 0.0671. The molecule has 1 aliphatic rings. The van der Waals surface area contributed by atoms with Gasteiger partial charge in [0, 0.05) is 13.1 Å². The third-order valence-corrected chi connectivity index (χ3v) is 6.11. The van der Waals surface area contributed by atoms with Crippen molar-refractivity contribution in [1.29, 1.82) is 0 Å². The number of ether oxygens (including phenoxy) is 1. The van der Waals surface area contributed by atoms with Gasteiger partial charge in [-0.3, -0.25) is 14.3 Å². The molecule has 0 spiro atoms. The molecule has 1 atom stereocenters. The zero-order valence-corrected chi connectivity index (χ0v) is 18.6. The van der Waals surface area contributed by atoms with Gasteiger partial charge in [0.05, 0.1) is 6.54 Å². The van der Waals surface area contributed by atoms with E-state index in [1.165, 1.54) is 16.6 Å². The van der Waals surface area contributed by atoms with Gasteiger partial charge in [-0.2, -0.15) is 4.98 Å². The molecule has 0 saturated heterocycles. The Kier molecular flexibility index (Phi) is 6.64. The monoisotopic (exact) mass is 441 g/mol. The fourth-order valence-corrected chi connectivity index (χ4v) is 4.23. The number of imidazole rings is 1. The van der Waals surface area contributed by atoms with Gasteiger partial charge in [0.25, 0.3) is 5.56 Å². The van der Waals surface area contributed by atoms with Crippen LogP contribution in [0.25, 0.3) is 11.2 Å². The Hall–Kier alpha value is -3.07. The summed E-state index contributed by atoms with van der Waals surface area (Å²) in [4.78, 5) is 31.6. The Labute approximate surface area is 186 Å². The topological polar surface area (TPSA) is 114 Å². The molecule has 9 heteroatoms. The summed E-state index contributed by atoms with van der Waals surface area (Å²) in [7, 11) is 1.57. The van der Waals surface area contributed by atoms with E-state index in [0.29, 0.717) is 17.3 Å². The maximum atomic E-state index is 12.6. The van der Waals surface area contributed by atoms with E-state index in [0.717, 1.165) is 32.1 Å². The second-order valence-electron chi connectivity index (χ2n) is 8.48. The number of aliphatic hydroxyl groups is 1. The van der Waals surface area contributed by atoms with Crippen LogP contribution in [0.3, 0.4) is 0 Å². The highest BCUT2D eigenvalue weighted by atomic mass is 16.5. The summed E-state index contributed by atoms with van der Waals surface area (Å²) < 4.78 is 8.73. The summed E-state index contributed by atoms with van der Waals surface area (Å²) in [5, 5.41) is 14.1. The third-order valence-electron chi connectivity index (χ3n) is 6.11. The van der Waals surface area contributed by atoms with Crippen molar-refractivity contribution in [3.63, 3.8) is 0 Å². The Balaban J connectivity index is 1.58. The molecule has 3 N–H and O–H groups in total. The first-order chi connectivity index (χ1) is 15.5. The molecule has 2 heterocycles. The predicted molar refractivity (Wildman–Crippen MR) is 123 cm³/mol. The Bertz CT molecular complexity index is 1170. The van der Waals surface area contributed by atoms with Gasteiger partial charge in [-0.15, -0.1) is 0 Å². The number of anilines is 1. The molecule has 0 radical (unpaired) electrons. The second kappa shape index (κ2) is 9.60. The van der Waals surface area contributed by atoms with E-state index in [1.807, 2.05) is 24.3 Å². The number of aromatic amines is 1. The molecule has 0 amide bonds. The molecule has 1 saturated carbocycles. The lowest BCUT2D eigenvalue weighted by atomic mass is 9.96. The number of aliphatic hydroxyl groups excluding tert-OH is 1. The van der Waals surface area contributed by atoms with Crippen LogP contribution >= 0.6 is 0 Å². The van der Waals surface area contributed by atoms with E-state index < -0.39 is 17.4 Å². The van der Waals surface area contributed by atoms with Crippen LogP contribution in [-0.4, -0.2) is 43.0 Å². The molecular weight excluding hydrogens is 410 g/mol. The fraction of sp³-hybridized carbons (Fsp3) is 0.522. The molecule has 9 nitrogen and oxygen atoms in total. The zero-order chi connectivity index (χ0) is 22.7. The molecule has 3 aromatic rings. The summed E-state index contributed by atoms with van der Waals surface area (Å²) in [6.07, 6.45) is 5.63. The van der Waals surface area contributed by atoms with Crippen LogP contribution in [-0.2, 0) is 20.0 Å². The Morgan fingerprint density at radius 2 is 1.94 bits per heavy atom. The van der Waals surface area contributed by atoms with E-state index in [1.54, 1.807) is 11.6 Å². The van der Waals surface area contributed by atoms with Crippen molar-refractivity contribution in [2.45, 2.75) is 64.1 Å². The number of H-pyrrole nitrogens is 1. The second-order valence-corrected chi connectivity index (χ2v) is 8.48. The van der Waals surface area contributed by atoms with E-state index >= 15 is 0 Å². The van der Waals surface area contributed by atoms with E-state index in [9.17, 15) is 14.7 Å². The lowest BCUT2D eigenvalue weighted by Crippen LogP contribution is -2.31. The van der Waals surface area contributed by atoms with Crippen LogP contribution in [0.1, 0.15) is 44.6 Å². The number of fused-ring (bicyclic) bond motifs is 1. The molecular formula is C23H31N5O4. The van der Waals surface area contributed by atoms with Crippen LogP contribution < -0.4 is 21.3 Å². The van der Waals surface area contributed by atoms with Gasteiger partial charge in [-0.1, -0.05) is 38.3 Å². The lowest BCUT2D eigenvalue weighted by molar-refractivity contribution is 0.0938. The number of nitrogens with one attached hydrogen (secondary N) is 2. The minimum Gasteiger partial charge on any atom is -0.491 e. The van der Waals surface area contributed by atoms with Gasteiger partial charge < -0.3 is 19.7 Å². The van der Waals surface area contributed by atoms with Gasteiger partial charge in [0.15, 0.2) is 11.2 Å². The van der Waals surface area contributed by atoms with Gasteiger partial charge in [-0.25, -0.2) is 4.79 Å². The summed E-state index contributed by atoms with van der Waals surface area (Å²) in [6, 6.07) is 8.01. The van der Waals surface area contributed by atoms with Crippen LogP contribution in [0.2, 0.25) is 0 Å². The Morgan fingerprint density at radius 3 is 2.62 bits per heavy atom. The van der Waals surface area contributed by atoms with Gasteiger partial charge in [0.1, 0.15) is 18.5 Å². The van der Waals surface area contributed by atoms with Crippen LogP contribution in [0, 0.1) is 0 Å². The average Bonchev–Trinajstić information content (AvgIpc) is 3.15. The van der Waals surface area contributed by atoms with Crippen molar-refractivity contribution in [3.05, 3.63) is 50.7 Å². The van der Waals surface area contributed by atoms with Crippen molar-refractivity contribution in [3.8, 4) is 5.75 Å². The molecule has 1 aliphatic carbocycles. The third kappa shape index (κ3) is 4.72. The smallest absolute Gasteiger partial charge is 0.329 e. The summed E-state index contributed by atoms with van der Waals surface area (Å²) in [6.45, 7) is 2.27. The first-order valence-electron chi connectivity index (χ1n) is 11.3. The number of hydrogen-bond acceptors (Lipinski definition) is 6. The molecule has 0 aliphatic heterocycles. The highest BCUT2D eigenvalue weighted by Gasteiger charge is 2.22. The molecule has 2 aromatic heterocycles.